The molecule has 1 heterocycles. The standard InChI is InChI=1S/C25H27N3O4S2/c1-4-21(24(31)28-25-27-19(15-33-25)14-22(29)32-5-2)34-20-11-7-10-18(13-20)26-23(30)17-9-6-8-16(3)12-17/h6-13,15,21H,4-5,14H2,1-3H3,(H,26,30)(H,27,28,31). The van der Waals surface area contributed by atoms with Gasteiger partial charge in [0, 0.05) is 21.5 Å². The zero-order chi connectivity index (χ0) is 24.5. The van der Waals surface area contributed by atoms with Gasteiger partial charge in [-0.3, -0.25) is 14.4 Å². The lowest BCUT2D eigenvalue weighted by atomic mass is 10.1. The smallest absolute Gasteiger partial charge is 0.311 e. The molecule has 3 rings (SSSR count). The summed E-state index contributed by atoms with van der Waals surface area (Å²) in [5.41, 5.74) is 2.84. The Balaban J connectivity index is 1.60. The van der Waals surface area contributed by atoms with E-state index in [-0.39, 0.29) is 29.5 Å². The maximum atomic E-state index is 12.8. The van der Waals surface area contributed by atoms with Crippen molar-refractivity contribution >= 4 is 51.7 Å². The Labute approximate surface area is 207 Å². The quantitative estimate of drug-likeness (QED) is 0.291. The molecule has 3 aromatic rings. The minimum atomic E-state index is -0.347. The Kier molecular flexibility index (Phi) is 9.24. The summed E-state index contributed by atoms with van der Waals surface area (Å²) in [4.78, 5) is 42.2. The van der Waals surface area contributed by atoms with E-state index in [1.807, 2.05) is 56.3 Å². The molecule has 1 unspecified atom stereocenters. The molecule has 0 fully saturated rings. The van der Waals surface area contributed by atoms with Gasteiger partial charge in [-0.15, -0.1) is 23.1 Å². The van der Waals surface area contributed by atoms with Gasteiger partial charge in [0.25, 0.3) is 5.91 Å². The number of amides is 2. The highest BCUT2D eigenvalue weighted by Crippen LogP contribution is 2.29. The van der Waals surface area contributed by atoms with E-state index < -0.39 is 0 Å². The van der Waals surface area contributed by atoms with Gasteiger partial charge in [0.1, 0.15) is 0 Å². The van der Waals surface area contributed by atoms with E-state index in [4.69, 9.17) is 4.74 Å². The van der Waals surface area contributed by atoms with E-state index in [9.17, 15) is 14.4 Å². The fourth-order valence-corrected chi connectivity index (χ4v) is 4.84. The van der Waals surface area contributed by atoms with Crippen LogP contribution in [0.25, 0.3) is 0 Å². The Morgan fingerprint density at radius 1 is 1.09 bits per heavy atom. The average molecular weight is 498 g/mol. The summed E-state index contributed by atoms with van der Waals surface area (Å²) >= 11 is 2.69. The largest absolute Gasteiger partial charge is 0.466 e. The Morgan fingerprint density at radius 3 is 2.62 bits per heavy atom. The number of nitrogens with one attached hydrogen (secondary N) is 2. The third-order valence-corrected chi connectivity index (χ3v) is 6.89. The predicted molar refractivity (Wildman–Crippen MR) is 137 cm³/mol. The van der Waals surface area contributed by atoms with Crippen molar-refractivity contribution in [3.63, 3.8) is 0 Å². The van der Waals surface area contributed by atoms with E-state index in [1.54, 1.807) is 18.4 Å². The van der Waals surface area contributed by atoms with Crippen LogP contribution >= 0.6 is 23.1 Å². The van der Waals surface area contributed by atoms with E-state index in [0.717, 1.165) is 10.5 Å². The van der Waals surface area contributed by atoms with Crippen LogP contribution in [0.3, 0.4) is 0 Å². The fourth-order valence-electron chi connectivity index (χ4n) is 3.11. The summed E-state index contributed by atoms with van der Waals surface area (Å²) in [5.74, 6) is -0.696. The zero-order valence-electron chi connectivity index (χ0n) is 19.3. The molecule has 9 heteroatoms. The second-order valence-electron chi connectivity index (χ2n) is 7.48. The lowest BCUT2D eigenvalue weighted by molar-refractivity contribution is -0.142. The molecule has 178 valence electrons. The predicted octanol–water partition coefficient (Wildman–Crippen LogP) is 5.32. The molecular weight excluding hydrogens is 470 g/mol. The second-order valence-corrected chi connectivity index (χ2v) is 9.62. The fraction of sp³-hybridized carbons (Fsp3) is 0.280. The van der Waals surface area contributed by atoms with Crippen LogP contribution in [0.1, 0.15) is 41.9 Å². The molecule has 0 aliphatic heterocycles. The maximum Gasteiger partial charge on any atom is 0.311 e. The number of rotatable bonds is 10. The summed E-state index contributed by atoms with van der Waals surface area (Å²) < 4.78 is 4.93. The molecule has 0 aliphatic carbocycles. The Bertz CT molecular complexity index is 1160. The number of thiazole rings is 1. The molecule has 7 nitrogen and oxygen atoms in total. The molecule has 0 spiro atoms. The number of thioether (sulfide) groups is 1. The van der Waals surface area contributed by atoms with Gasteiger partial charge in [-0.2, -0.15) is 0 Å². The number of hydrogen-bond acceptors (Lipinski definition) is 7. The lowest BCUT2D eigenvalue weighted by Gasteiger charge is -2.14. The first-order valence-corrected chi connectivity index (χ1v) is 12.7. The van der Waals surface area contributed by atoms with Crippen molar-refractivity contribution in [2.45, 2.75) is 43.8 Å². The number of anilines is 2. The third-order valence-electron chi connectivity index (χ3n) is 4.73. The number of hydrogen-bond donors (Lipinski definition) is 2. The van der Waals surface area contributed by atoms with Crippen LogP contribution in [0.15, 0.2) is 58.8 Å². The van der Waals surface area contributed by atoms with Crippen molar-refractivity contribution in [3.05, 3.63) is 70.7 Å². The van der Waals surface area contributed by atoms with Gasteiger partial charge in [-0.05, 0) is 50.6 Å². The van der Waals surface area contributed by atoms with E-state index in [0.29, 0.717) is 35.1 Å². The van der Waals surface area contributed by atoms with Crippen molar-refractivity contribution in [1.82, 2.24) is 4.98 Å². The highest BCUT2D eigenvalue weighted by atomic mass is 32.2. The van der Waals surface area contributed by atoms with Crippen LogP contribution in [0, 0.1) is 6.92 Å². The maximum absolute atomic E-state index is 12.8. The SMILES string of the molecule is CCOC(=O)Cc1csc(NC(=O)C(CC)Sc2cccc(NC(=O)c3cccc(C)c3)c2)n1. The summed E-state index contributed by atoms with van der Waals surface area (Å²) in [6, 6.07) is 14.8. The summed E-state index contributed by atoms with van der Waals surface area (Å²) in [5, 5.41) is 7.59. The number of carbonyl (C=O) groups excluding carboxylic acids is 3. The molecule has 2 N–H and O–H groups in total. The Hall–Kier alpha value is -3.17. The number of aryl methyl sites for hydroxylation is 1. The van der Waals surface area contributed by atoms with Crippen molar-refractivity contribution in [2.75, 3.05) is 17.2 Å². The molecule has 0 bridgehead atoms. The molecule has 0 aliphatic rings. The molecule has 1 aromatic heterocycles. The van der Waals surface area contributed by atoms with Crippen LogP contribution in [0.4, 0.5) is 10.8 Å². The van der Waals surface area contributed by atoms with Crippen LogP contribution in [0.5, 0.6) is 0 Å². The van der Waals surface area contributed by atoms with Crippen LogP contribution in [-0.4, -0.2) is 34.6 Å². The minimum Gasteiger partial charge on any atom is -0.466 e. The van der Waals surface area contributed by atoms with Crippen molar-refractivity contribution in [1.29, 1.82) is 0 Å². The molecule has 34 heavy (non-hydrogen) atoms. The second kappa shape index (κ2) is 12.3. The molecule has 0 radical (unpaired) electrons. The minimum absolute atomic E-state index is 0.0766. The van der Waals surface area contributed by atoms with Gasteiger partial charge in [0.2, 0.25) is 5.91 Å². The molecule has 0 saturated carbocycles. The van der Waals surface area contributed by atoms with Crippen molar-refractivity contribution in [3.8, 4) is 0 Å². The van der Waals surface area contributed by atoms with Gasteiger partial charge < -0.3 is 15.4 Å². The summed E-state index contributed by atoms with van der Waals surface area (Å²) in [7, 11) is 0. The van der Waals surface area contributed by atoms with E-state index in [2.05, 4.69) is 15.6 Å². The van der Waals surface area contributed by atoms with Gasteiger partial charge in [0.15, 0.2) is 5.13 Å². The molecular formula is C25H27N3O4S2. The third kappa shape index (κ3) is 7.43. The van der Waals surface area contributed by atoms with E-state index >= 15 is 0 Å². The van der Waals surface area contributed by atoms with Crippen molar-refractivity contribution in [2.24, 2.45) is 0 Å². The normalized spacial score (nSPS) is 11.5. The highest BCUT2D eigenvalue weighted by molar-refractivity contribution is 8.00. The molecule has 2 amide bonds. The summed E-state index contributed by atoms with van der Waals surface area (Å²) in [6.07, 6.45) is 0.685. The van der Waals surface area contributed by atoms with Crippen molar-refractivity contribution < 1.29 is 19.1 Å². The molecule has 1 atom stereocenters. The first kappa shape index (κ1) is 25.5. The van der Waals surface area contributed by atoms with Crippen LogP contribution < -0.4 is 10.6 Å². The molecule has 2 aromatic carbocycles. The number of nitrogens with zero attached hydrogens (tertiary/aromatic N) is 1. The van der Waals surface area contributed by atoms with Crippen LogP contribution in [-0.2, 0) is 20.7 Å². The Morgan fingerprint density at radius 2 is 1.88 bits per heavy atom. The number of benzene rings is 2. The topological polar surface area (TPSA) is 97.4 Å². The lowest BCUT2D eigenvalue weighted by Crippen LogP contribution is -2.24. The number of carbonyl (C=O) groups is 3. The zero-order valence-corrected chi connectivity index (χ0v) is 20.9. The number of ether oxygens (including phenoxy) is 1. The summed E-state index contributed by atoms with van der Waals surface area (Å²) in [6.45, 7) is 5.95. The van der Waals surface area contributed by atoms with Crippen LogP contribution in [0.2, 0.25) is 0 Å². The van der Waals surface area contributed by atoms with Gasteiger partial charge in [0.05, 0.1) is 24.0 Å². The molecule has 0 saturated heterocycles. The van der Waals surface area contributed by atoms with E-state index in [1.165, 1.54) is 23.1 Å². The average Bonchev–Trinajstić information content (AvgIpc) is 3.24. The number of esters is 1. The first-order chi connectivity index (χ1) is 16.4. The monoisotopic (exact) mass is 497 g/mol. The number of aromatic nitrogens is 1. The van der Waals surface area contributed by atoms with Gasteiger partial charge in [-0.25, -0.2) is 4.98 Å². The first-order valence-electron chi connectivity index (χ1n) is 10.9. The van der Waals surface area contributed by atoms with Gasteiger partial charge in [-0.1, -0.05) is 30.7 Å². The van der Waals surface area contributed by atoms with Gasteiger partial charge >= 0.3 is 5.97 Å². The highest BCUT2D eigenvalue weighted by Gasteiger charge is 2.20.